The number of carbonyl (C=O) groups excluding carboxylic acids is 2. The summed E-state index contributed by atoms with van der Waals surface area (Å²) in [5, 5.41) is 4.94. The standard InChI is InChI=1S/C21H21N3O3S2/c1-2-27-21(26)24-10-9-13-16(11-24)29-20(23-18(25)12-7-8-12)17(13)19-22-14-5-3-4-6-15(14)28-19/h3-6,12H,2,7-11H2,1H3,(H,23,25). The van der Waals surface area contributed by atoms with Crippen LogP contribution in [-0.4, -0.2) is 35.0 Å². The highest BCUT2D eigenvalue weighted by Gasteiger charge is 2.33. The molecule has 29 heavy (non-hydrogen) atoms. The maximum Gasteiger partial charge on any atom is 0.410 e. The fraction of sp³-hybridized carbons (Fsp3) is 0.381. The topological polar surface area (TPSA) is 71.5 Å². The van der Waals surface area contributed by atoms with E-state index in [2.05, 4.69) is 11.4 Å². The average molecular weight is 428 g/mol. The Morgan fingerprint density at radius 1 is 1.28 bits per heavy atom. The van der Waals surface area contributed by atoms with Crippen LogP contribution in [0.25, 0.3) is 20.8 Å². The number of hydrogen-bond donors (Lipinski definition) is 1. The zero-order valence-electron chi connectivity index (χ0n) is 16.1. The van der Waals surface area contributed by atoms with Crippen LogP contribution in [0.5, 0.6) is 0 Å². The van der Waals surface area contributed by atoms with Crippen LogP contribution in [0.15, 0.2) is 24.3 Å². The molecular weight excluding hydrogens is 406 g/mol. The van der Waals surface area contributed by atoms with Crippen LogP contribution in [0.1, 0.15) is 30.2 Å². The quantitative estimate of drug-likeness (QED) is 0.644. The fourth-order valence-corrected chi connectivity index (χ4v) is 6.00. The maximum atomic E-state index is 12.5. The number of rotatable bonds is 4. The number of hydrogen-bond acceptors (Lipinski definition) is 6. The molecule has 2 aromatic heterocycles. The van der Waals surface area contributed by atoms with Gasteiger partial charge in [-0.25, -0.2) is 9.78 Å². The molecule has 2 amide bonds. The summed E-state index contributed by atoms with van der Waals surface area (Å²) in [4.78, 5) is 32.4. The number of anilines is 1. The van der Waals surface area contributed by atoms with Gasteiger partial charge in [0.15, 0.2) is 0 Å². The molecule has 0 saturated heterocycles. The van der Waals surface area contributed by atoms with E-state index in [9.17, 15) is 9.59 Å². The zero-order chi connectivity index (χ0) is 20.0. The highest BCUT2D eigenvalue weighted by molar-refractivity contribution is 7.22. The number of thiophene rings is 1. The van der Waals surface area contributed by atoms with Gasteiger partial charge >= 0.3 is 6.09 Å². The van der Waals surface area contributed by atoms with E-state index in [1.165, 1.54) is 5.56 Å². The Hall–Kier alpha value is -2.45. The number of amides is 2. The molecule has 1 N–H and O–H groups in total. The van der Waals surface area contributed by atoms with E-state index in [0.29, 0.717) is 19.7 Å². The number of ether oxygens (including phenoxy) is 1. The van der Waals surface area contributed by atoms with Gasteiger partial charge in [0.2, 0.25) is 5.91 Å². The van der Waals surface area contributed by atoms with Gasteiger partial charge in [-0.05, 0) is 43.9 Å². The van der Waals surface area contributed by atoms with Crippen molar-refractivity contribution >= 4 is 49.9 Å². The predicted molar refractivity (Wildman–Crippen MR) is 115 cm³/mol. The lowest BCUT2D eigenvalue weighted by Gasteiger charge is -2.26. The highest BCUT2D eigenvalue weighted by Crippen LogP contribution is 2.46. The molecule has 3 heterocycles. The van der Waals surface area contributed by atoms with Crippen molar-refractivity contribution in [2.75, 3.05) is 18.5 Å². The molecule has 1 aromatic carbocycles. The molecule has 5 rings (SSSR count). The van der Waals surface area contributed by atoms with Gasteiger partial charge in [0.1, 0.15) is 10.0 Å². The van der Waals surface area contributed by atoms with Gasteiger partial charge in [-0.15, -0.1) is 22.7 Å². The van der Waals surface area contributed by atoms with Gasteiger partial charge in [-0.2, -0.15) is 0 Å². The second kappa shape index (κ2) is 7.42. The number of fused-ring (bicyclic) bond motifs is 2. The Labute approximate surface area is 176 Å². The van der Waals surface area contributed by atoms with Crippen molar-refractivity contribution in [3.05, 3.63) is 34.7 Å². The second-order valence-corrected chi connectivity index (χ2v) is 9.46. The van der Waals surface area contributed by atoms with Crippen molar-refractivity contribution in [1.82, 2.24) is 9.88 Å². The molecule has 150 valence electrons. The molecule has 1 fully saturated rings. The van der Waals surface area contributed by atoms with Crippen molar-refractivity contribution in [3.63, 3.8) is 0 Å². The van der Waals surface area contributed by atoms with Crippen molar-refractivity contribution in [2.45, 2.75) is 32.7 Å². The molecule has 1 aliphatic heterocycles. The summed E-state index contributed by atoms with van der Waals surface area (Å²) in [5.41, 5.74) is 3.19. The number of para-hydroxylation sites is 1. The molecule has 0 radical (unpaired) electrons. The number of benzene rings is 1. The van der Waals surface area contributed by atoms with Gasteiger partial charge < -0.3 is 15.0 Å². The van der Waals surface area contributed by atoms with E-state index in [1.807, 2.05) is 25.1 Å². The minimum atomic E-state index is -0.281. The molecule has 0 spiro atoms. The molecule has 2 aliphatic rings. The molecule has 0 unspecified atom stereocenters. The highest BCUT2D eigenvalue weighted by atomic mass is 32.1. The van der Waals surface area contributed by atoms with E-state index in [0.717, 1.165) is 49.9 Å². The number of carbonyl (C=O) groups is 2. The Balaban J connectivity index is 1.55. The summed E-state index contributed by atoms with van der Waals surface area (Å²) in [5.74, 6) is 0.224. The lowest BCUT2D eigenvalue weighted by molar-refractivity contribution is -0.117. The summed E-state index contributed by atoms with van der Waals surface area (Å²) >= 11 is 3.21. The number of aromatic nitrogens is 1. The molecule has 1 aliphatic carbocycles. The van der Waals surface area contributed by atoms with Gasteiger partial charge in [0.05, 0.1) is 23.4 Å². The SMILES string of the molecule is CCOC(=O)N1CCc2c(sc(NC(=O)C3CC3)c2-c2nc3ccccc3s2)C1. The minimum Gasteiger partial charge on any atom is -0.450 e. The third kappa shape index (κ3) is 3.51. The normalized spacial score (nSPS) is 16.0. The van der Waals surface area contributed by atoms with Crippen molar-refractivity contribution in [3.8, 4) is 10.6 Å². The Morgan fingerprint density at radius 2 is 2.10 bits per heavy atom. The van der Waals surface area contributed by atoms with Gasteiger partial charge in [0, 0.05) is 22.9 Å². The van der Waals surface area contributed by atoms with Crippen molar-refractivity contribution in [1.29, 1.82) is 0 Å². The van der Waals surface area contributed by atoms with Crippen LogP contribution in [-0.2, 0) is 22.5 Å². The molecule has 0 atom stereocenters. The molecule has 6 nitrogen and oxygen atoms in total. The predicted octanol–water partition coefficient (Wildman–Crippen LogP) is 4.89. The maximum absolute atomic E-state index is 12.5. The van der Waals surface area contributed by atoms with E-state index >= 15 is 0 Å². The number of nitrogens with one attached hydrogen (secondary N) is 1. The van der Waals surface area contributed by atoms with Crippen LogP contribution in [0.2, 0.25) is 0 Å². The second-order valence-electron chi connectivity index (χ2n) is 7.33. The van der Waals surface area contributed by atoms with E-state index in [4.69, 9.17) is 9.72 Å². The number of thiazole rings is 1. The average Bonchev–Trinajstić information content (AvgIpc) is 3.39. The van der Waals surface area contributed by atoms with E-state index in [-0.39, 0.29) is 17.9 Å². The van der Waals surface area contributed by atoms with Crippen LogP contribution >= 0.6 is 22.7 Å². The molecule has 3 aromatic rings. The third-order valence-corrected chi connectivity index (χ3v) is 7.46. The largest absolute Gasteiger partial charge is 0.450 e. The molecular formula is C21H21N3O3S2. The van der Waals surface area contributed by atoms with Crippen LogP contribution in [0.3, 0.4) is 0 Å². The summed E-state index contributed by atoms with van der Waals surface area (Å²) in [6.45, 7) is 3.30. The Kier molecular flexibility index (Phi) is 4.75. The van der Waals surface area contributed by atoms with Crippen LogP contribution in [0, 0.1) is 5.92 Å². The monoisotopic (exact) mass is 427 g/mol. The first-order valence-electron chi connectivity index (χ1n) is 9.87. The summed E-state index contributed by atoms with van der Waals surface area (Å²) in [7, 11) is 0. The summed E-state index contributed by atoms with van der Waals surface area (Å²) in [6, 6.07) is 8.08. The first-order chi connectivity index (χ1) is 14.1. The zero-order valence-corrected chi connectivity index (χ0v) is 17.7. The smallest absolute Gasteiger partial charge is 0.410 e. The Bertz CT molecular complexity index is 1070. The van der Waals surface area contributed by atoms with Crippen LogP contribution < -0.4 is 5.32 Å². The van der Waals surface area contributed by atoms with Gasteiger partial charge in [-0.1, -0.05) is 12.1 Å². The van der Waals surface area contributed by atoms with Gasteiger partial charge in [-0.3, -0.25) is 4.79 Å². The van der Waals surface area contributed by atoms with Crippen LogP contribution in [0.4, 0.5) is 9.80 Å². The molecule has 0 bridgehead atoms. The van der Waals surface area contributed by atoms with Crippen molar-refractivity contribution in [2.24, 2.45) is 5.92 Å². The fourth-order valence-electron chi connectivity index (χ4n) is 3.63. The lowest BCUT2D eigenvalue weighted by Crippen LogP contribution is -2.35. The summed E-state index contributed by atoms with van der Waals surface area (Å²) in [6.07, 6.45) is 2.38. The lowest BCUT2D eigenvalue weighted by atomic mass is 10.0. The first kappa shape index (κ1) is 18.6. The van der Waals surface area contributed by atoms with Gasteiger partial charge in [0.25, 0.3) is 0 Å². The Morgan fingerprint density at radius 3 is 2.86 bits per heavy atom. The van der Waals surface area contributed by atoms with Crippen molar-refractivity contribution < 1.29 is 14.3 Å². The molecule has 1 saturated carbocycles. The molecule has 8 heteroatoms. The minimum absolute atomic E-state index is 0.0909. The van der Waals surface area contributed by atoms with E-state index < -0.39 is 0 Å². The number of nitrogens with zero attached hydrogens (tertiary/aromatic N) is 2. The van der Waals surface area contributed by atoms with E-state index in [1.54, 1.807) is 27.6 Å². The third-order valence-electron chi connectivity index (χ3n) is 5.28. The summed E-state index contributed by atoms with van der Waals surface area (Å²) < 4.78 is 6.30. The first-order valence-corrected chi connectivity index (χ1v) is 11.5.